The highest BCUT2D eigenvalue weighted by Crippen LogP contribution is 2.19. The summed E-state index contributed by atoms with van der Waals surface area (Å²) >= 11 is 6.19. The summed E-state index contributed by atoms with van der Waals surface area (Å²) in [6.07, 6.45) is 1.72. The topological polar surface area (TPSA) is 32.3 Å². The summed E-state index contributed by atoms with van der Waals surface area (Å²) < 4.78 is 0. The Hall–Kier alpha value is -1.51. The number of rotatable bonds is 5. The third-order valence-corrected chi connectivity index (χ3v) is 3.59. The Kier molecular flexibility index (Phi) is 4.83. The highest BCUT2D eigenvalue weighted by molar-refractivity contribution is 6.31. The normalized spacial score (nSPS) is 12.3. The van der Waals surface area contributed by atoms with Crippen molar-refractivity contribution in [1.29, 1.82) is 0 Å². The van der Waals surface area contributed by atoms with Gasteiger partial charge in [0.1, 0.15) is 5.75 Å². The van der Waals surface area contributed by atoms with Crippen LogP contribution in [0.25, 0.3) is 0 Å². The summed E-state index contributed by atoms with van der Waals surface area (Å²) in [5, 5.41) is 13.6. The van der Waals surface area contributed by atoms with Crippen molar-refractivity contribution in [3.63, 3.8) is 0 Å². The van der Waals surface area contributed by atoms with Gasteiger partial charge >= 0.3 is 0 Å². The van der Waals surface area contributed by atoms with Crippen molar-refractivity contribution >= 4 is 11.6 Å². The summed E-state index contributed by atoms with van der Waals surface area (Å²) in [4.78, 5) is 0. The van der Waals surface area contributed by atoms with Gasteiger partial charge in [-0.2, -0.15) is 0 Å². The molecule has 0 spiro atoms. The van der Waals surface area contributed by atoms with Crippen LogP contribution in [0.2, 0.25) is 5.02 Å². The van der Waals surface area contributed by atoms with Crippen molar-refractivity contribution in [2.24, 2.45) is 0 Å². The fourth-order valence-corrected chi connectivity index (χ4v) is 2.39. The quantitative estimate of drug-likeness (QED) is 0.876. The molecule has 1 atom stereocenters. The molecule has 0 aliphatic heterocycles. The van der Waals surface area contributed by atoms with Crippen molar-refractivity contribution in [3.05, 3.63) is 64.7 Å². The molecule has 2 N–H and O–H groups in total. The zero-order valence-corrected chi connectivity index (χ0v) is 11.7. The Morgan fingerprint density at radius 2 is 1.89 bits per heavy atom. The van der Waals surface area contributed by atoms with Crippen molar-refractivity contribution < 1.29 is 5.11 Å². The lowest BCUT2D eigenvalue weighted by Crippen LogP contribution is -2.30. The van der Waals surface area contributed by atoms with E-state index in [0.717, 1.165) is 29.0 Å². The molecule has 0 aromatic heterocycles. The number of phenolic OH excluding ortho intramolecular Hbond substituents is 1. The summed E-state index contributed by atoms with van der Waals surface area (Å²) in [5.74, 6) is 0.310. The van der Waals surface area contributed by atoms with Gasteiger partial charge in [0.25, 0.3) is 0 Å². The van der Waals surface area contributed by atoms with E-state index in [1.807, 2.05) is 37.4 Å². The van der Waals surface area contributed by atoms with Crippen molar-refractivity contribution in [1.82, 2.24) is 5.32 Å². The van der Waals surface area contributed by atoms with Gasteiger partial charge in [0.15, 0.2) is 0 Å². The van der Waals surface area contributed by atoms with Crippen molar-refractivity contribution in [2.45, 2.75) is 18.9 Å². The van der Waals surface area contributed by atoms with Gasteiger partial charge in [-0.1, -0.05) is 41.9 Å². The second kappa shape index (κ2) is 6.60. The third kappa shape index (κ3) is 3.98. The Morgan fingerprint density at radius 3 is 2.58 bits per heavy atom. The molecule has 0 aliphatic carbocycles. The molecule has 0 heterocycles. The van der Waals surface area contributed by atoms with Crippen LogP contribution < -0.4 is 5.32 Å². The fourth-order valence-electron chi connectivity index (χ4n) is 2.17. The van der Waals surface area contributed by atoms with E-state index >= 15 is 0 Å². The minimum atomic E-state index is 0.293. The number of aromatic hydroxyl groups is 1. The van der Waals surface area contributed by atoms with Crippen molar-refractivity contribution in [3.8, 4) is 5.75 Å². The molecule has 19 heavy (non-hydrogen) atoms. The van der Waals surface area contributed by atoms with Crippen LogP contribution in [0.15, 0.2) is 48.5 Å². The maximum atomic E-state index is 9.49. The van der Waals surface area contributed by atoms with Gasteiger partial charge in [-0.3, -0.25) is 0 Å². The van der Waals surface area contributed by atoms with E-state index in [-0.39, 0.29) is 0 Å². The van der Waals surface area contributed by atoms with Gasteiger partial charge in [-0.25, -0.2) is 0 Å². The molecule has 2 rings (SSSR count). The largest absolute Gasteiger partial charge is 0.508 e. The number of halogens is 1. The number of hydrogen-bond donors (Lipinski definition) is 2. The molecule has 0 saturated carbocycles. The van der Waals surface area contributed by atoms with E-state index < -0.39 is 0 Å². The Morgan fingerprint density at radius 1 is 1.11 bits per heavy atom. The summed E-state index contributed by atoms with van der Waals surface area (Å²) in [6, 6.07) is 15.6. The smallest absolute Gasteiger partial charge is 0.115 e. The second-order valence-corrected chi connectivity index (χ2v) is 5.06. The minimum Gasteiger partial charge on any atom is -0.508 e. The molecule has 3 heteroatoms. The van der Waals surface area contributed by atoms with Crippen LogP contribution in [0.4, 0.5) is 0 Å². The first-order valence-corrected chi connectivity index (χ1v) is 6.75. The van der Waals surface area contributed by atoms with Crippen LogP contribution in [-0.2, 0) is 12.8 Å². The monoisotopic (exact) mass is 275 g/mol. The molecule has 0 saturated heterocycles. The Bertz CT molecular complexity index is 542. The van der Waals surface area contributed by atoms with E-state index in [4.69, 9.17) is 11.6 Å². The first kappa shape index (κ1) is 13.9. The zero-order valence-electron chi connectivity index (χ0n) is 10.9. The average Bonchev–Trinajstić information content (AvgIpc) is 2.40. The van der Waals surface area contributed by atoms with Crippen LogP contribution in [0.1, 0.15) is 11.1 Å². The van der Waals surface area contributed by atoms with Gasteiger partial charge < -0.3 is 10.4 Å². The summed E-state index contributed by atoms with van der Waals surface area (Å²) in [7, 11) is 1.95. The van der Waals surface area contributed by atoms with Gasteiger partial charge in [-0.15, -0.1) is 0 Å². The second-order valence-electron chi connectivity index (χ2n) is 4.66. The lowest BCUT2D eigenvalue weighted by Gasteiger charge is -2.17. The maximum absolute atomic E-state index is 9.49. The minimum absolute atomic E-state index is 0.293. The number of hydrogen-bond acceptors (Lipinski definition) is 2. The van der Waals surface area contributed by atoms with Crippen LogP contribution >= 0.6 is 11.6 Å². The molecule has 2 aromatic rings. The van der Waals surface area contributed by atoms with E-state index in [0.29, 0.717) is 11.8 Å². The molecule has 0 bridgehead atoms. The highest BCUT2D eigenvalue weighted by atomic mass is 35.5. The molecule has 0 amide bonds. The van der Waals surface area contributed by atoms with E-state index in [1.165, 1.54) is 0 Å². The predicted octanol–water partition coefficient (Wildman–Crippen LogP) is 3.42. The van der Waals surface area contributed by atoms with Crippen molar-refractivity contribution in [2.75, 3.05) is 7.05 Å². The molecule has 100 valence electrons. The number of benzene rings is 2. The molecule has 0 radical (unpaired) electrons. The Balaban J connectivity index is 2.07. The first-order chi connectivity index (χ1) is 9.19. The maximum Gasteiger partial charge on any atom is 0.115 e. The lowest BCUT2D eigenvalue weighted by molar-refractivity contribution is 0.473. The standard InChI is InChI=1S/C16H18ClNO/c1-18-14(9-12-5-4-7-15(19)10-12)11-13-6-2-3-8-16(13)17/h2-8,10,14,18-19H,9,11H2,1H3. The van der Waals surface area contributed by atoms with Crippen LogP contribution in [-0.4, -0.2) is 18.2 Å². The molecule has 0 fully saturated rings. The lowest BCUT2D eigenvalue weighted by atomic mass is 9.99. The van der Waals surface area contributed by atoms with E-state index in [2.05, 4.69) is 11.4 Å². The summed E-state index contributed by atoms with van der Waals surface area (Å²) in [6.45, 7) is 0. The predicted molar refractivity (Wildman–Crippen MR) is 79.8 cm³/mol. The Labute approximate surface area is 119 Å². The van der Waals surface area contributed by atoms with Crippen LogP contribution in [0.3, 0.4) is 0 Å². The van der Waals surface area contributed by atoms with Gasteiger partial charge in [0.05, 0.1) is 0 Å². The first-order valence-electron chi connectivity index (χ1n) is 6.37. The number of phenols is 1. The average molecular weight is 276 g/mol. The molecular formula is C16H18ClNO. The third-order valence-electron chi connectivity index (χ3n) is 3.23. The van der Waals surface area contributed by atoms with E-state index in [9.17, 15) is 5.11 Å². The highest BCUT2D eigenvalue weighted by Gasteiger charge is 2.10. The number of nitrogens with one attached hydrogen (secondary N) is 1. The SMILES string of the molecule is CNC(Cc1cccc(O)c1)Cc1ccccc1Cl. The molecular weight excluding hydrogens is 258 g/mol. The fraction of sp³-hybridized carbons (Fsp3) is 0.250. The molecule has 0 aliphatic rings. The zero-order chi connectivity index (χ0) is 13.7. The summed E-state index contributed by atoms with van der Waals surface area (Å²) in [5.41, 5.74) is 2.26. The van der Waals surface area contributed by atoms with Gasteiger partial charge in [-0.05, 0) is 49.2 Å². The molecule has 2 nitrogen and oxygen atoms in total. The van der Waals surface area contributed by atoms with E-state index in [1.54, 1.807) is 12.1 Å². The van der Waals surface area contributed by atoms with Gasteiger partial charge in [0, 0.05) is 11.1 Å². The van der Waals surface area contributed by atoms with Crippen LogP contribution in [0.5, 0.6) is 5.75 Å². The van der Waals surface area contributed by atoms with Crippen LogP contribution in [0, 0.1) is 0 Å². The number of likely N-dealkylation sites (N-methyl/N-ethyl adjacent to an activating group) is 1. The molecule has 2 aromatic carbocycles. The van der Waals surface area contributed by atoms with Gasteiger partial charge in [0.2, 0.25) is 0 Å². The molecule has 1 unspecified atom stereocenters.